The number of alkyl halides is 1. The van der Waals surface area contributed by atoms with Gasteiger partial charge in [0.05, 0.1) is 19.7 Å². The van der Waals surface area contributed by atoms with Crippen LogP contribution in [-0.2, 0) is 4.79 Å². The molecule has 1 saturated heterocycles. The van der Waals surface area contributed by atoms with E-state index in [0.717, 1.165) is 29.7 Å². The number of likely N-dealkylation sites (tertiary alicyclic amines) is 1. The Morgan fingerprint density at radius 2 is 1.69 bits per heavy atom. The van der Waals surface area contributed by atoms with E-state index in [-0.39, 0.29) is 11.8 Å². The van der Waals surface area contributed by atoms with Crippen molar-refractivity contribution in [3.8, 4) is 11.5 Å². The molecule has 10 heteroatoms. The van der Waals surface area contributed by atoms with Crippen molar-refractivity contribution in [2.75, 3.05) is 70.0 Å². The predicted octanol–water partition coefficient (Wildman–Crippen LogP) is 3.87. The van der Waals surface area contributed by atoms with Gasteiger partial charge in [0, 0.05) is 31.1 Å². The van der Waals surface area contributed by atoms with Crippen molar-refractivity contribution in [3.05, 3.63) is 12.1 Å². The number of unbranched alkanes of at least 4 members (excludes halogenated alkanes) is 3. The number of benzene rings is 1. The average molecular weight is 507 g/mol. The Bertz CT molecular complexity index is 939. The molecule has 1 aromatic heterocycles. The van der Waals surface area contributed by atoms with Gasteiger partial charge in [-0.25, -0.2) is 4.98 Å². The highest BCUT2D eigenvalue weighted by molar-refractivity contribution is 6.27. The maximum atomic E-state index is 11.3. The third-order valence-corrected chi connectivity index (χ3v) is 6.44. The normalized spacial score (nSPS) is 14.0. The maximum absolute atomic E-state index is 11.3. The van der Waals surface area contributed by atoms with Gasteiger partial charge in [0.25, 0.3) is 0 Å². The number of methoxy groups -OCH3 is 2. The number of nitrogens with zero attached hydrogens (tertiary/aromatic N) is 3. The van der Waals surface area contributed by atoms with Crippen LogP contribution in [0, 0.1) is 0 Å². The van der Waals surface area contributed by atoms with Gasteiger partial charge in [-0.3, -0.25) is 4.79 Å². The first-order valence-electron chi connectivity index (χ1n) is 12.6. The van der Waals surface area contributed by atoms with E-state index >= 15 is 0 Å². The van der Waals surface area contributed by atoms with Crippen molar-refractivity contribution >= 4 is 40.2 Å². The molecule has 0 bridgehead atoms. The van der Waals surface area contributed by atoms with Gasteiger partial charge in [0.15, 0.2) is 11.5 Å². The van der Waals surface area contributed by atoms with E-state index in [9.17, 15) is 4.79 Å². The van der Waals surface area contributed by atoms with Crippen LogP contribution in [0.5, 0.6) is 11.5 Å². The fourth-order valence-electron chi connectivity index (χ4n) is 4.30. The quantitative estimate of drug-likeness (QED) is 0.247. The molecule has 1 aliphatic rings. The van der Waals surface area contributed by atoms with E-state index in [1.54, 1.807) is 14.2 Å². The van der Waals surface area contributed by atoms with Gasteiger partial charge in [0.2, 0.25) is 11.9 Å². The lowest BCUT2D eigenvalue weighted by atomic mass is 10.1. The number of halogens is 1. The fraction of sp³-hybridized carbons (Fsp3) is 0.640. The SMILES string of the molecule is COc1cc2nc(NCCNC(=O)CCl)nc(NCCCCCCN3CCCCC3)c2cc1OC. The minimum atomic E-state index is -0.206. The summed E-state index contributed by atoms with van der Waals surface area (Å²) in [6.45, 7) is 5.51. The van der Waals surface area contributed by atoms with Gasteiger partial charge in [-0.1, -0.05) is 19.3 Å². The Labute approximate surface area is 213 Å². The van der Waals surface area contributed by atoms with E-state index in [1.165, 1.54) is 58.2 Å². The summed E-state index contributed by atoms with van der Waals surface area (Å²) in [5.74, 6) is 2.21. The van der Waals surface area contributed by atoms with Crippen LogP contribution in [0.3, 0.4) is 0 Å². The topological polar surface area (TPSA) is 101 Å². The molecule has 1 amide bonds. The van der Waals surface area contributed by atoms with Crippen LogP contribution in [0.15, 0.2) is 12.1 Å². The number of nitrogens with one attached hydrogen (secondary N) is 3. The summed E-state index contributed by atoms with van der Waals surface area (Å²) in [6, 6.07) is 3.75. The van der Waals surface area contributed by atoms with E-state index in [0.29, 0.717) is 30.5 Å². The van der Waals surface area contributed by atoms with E-state index in [1.807, 2.05) is 12.1 Å². The molecule has 2 heterocycles. The number of amides is 1. The summed E-state index contributed by atoms with van der Waals surface area (Å²) < 4.78 is 10.9. The van der Waals surface area contributed by atoms with Gasteiger partial charge in [-0.15, -0.1) is 11.6 Å². The number of anilines is 2. The minimum Gasteiger partial charge on any atom is -0.493 e. The second-order valence-electron chi connectivity index (χ2n) is 8.77. The zero-order chi connectivity index (χ0) is 24.9. The zero-order valence-electron chi connectivity index (χ0n) is 21.0. The molecule has 0 aliphatic carbocycles. The summed E-state index contributed by atoms with van der Waals surface area (Å²) >= 11 is 5.52. The lowest BCUT2D eigenvalue weighted by molar-refractivity contribution is -0.118. The molecule has 194 valence electrons. The molecule has 35 heavy (non-hydrogen) atoms. The molecule has 3 N–H and O–H groups in total. The molecule has 2 aromatic rings. The Morgan fingerprint density at radius 3 is 2.43 bits per heavy atom. The molecule has 1 aromatic carbocycles. The first kappa shape index (κ1) is 27.1. The highest BCUT2D eigenvalue weighted by atomic mass is 35.5. The molecule has 1 fully saturated rings. The molecule has 0 atom stereocenters. The lowest BCUT2D eigenvalue weighted by Crippen LogP contribution is -2.30. The first-order valence-corrected chi connectivity index (χ1v) is 13.1. The van der Waals surface area contributed by atoms with Crippen molar-refractivity contribution in [2.24, 2.45) is 0 Å². The fourth-order valence-corrected chi connectivity index (χ4v) is 4.39. The van der Waals surface area contributed by atoms with Gasteiger partial charge < -0.3 is 30.3 Å². The molecule has 1 aliphatic heterocycles. The molecule has 0 unspecified atom stereocenters. The number of ether oxygens (including phenoxy) is 2. The molecular formula is C25H39ClN6O3. The van der Waals surface area contributed by atoms with Crippen molar-refractivity contribution in [2.45, 2.75) is 44.9 Å². The number of carbonyl (C=O) groups excluding carboxylic acids is 1. The predicted molar refractivity (Wildman–Crippen MR) is 142 cm³/mol. The molecule has 3 rings (SSSR count). The number of aromatic nitrogens is 2. The highest BCUT2D eigenvalue weighted by Gasteiger charge is 2.14. The standard InChI is InChI=1S/C25H39ClN6O3/c1-34-21-16-19-20(17-22(21)35-2)30-25(29-12-11-27-23(33)18-26)31-24(19)28-10-6-3-4-7-13-32-14-8-5-9-15-32/h16-17H,3-15,18H2,1-2H3,(H,27,33)(H2,28,29,30,31). The summed E-state index contributed by atoms with van der Waals surface area (Å²) in [4.78, 5) is 23.3. The number of piperidine rings is 1. The number of hydrogen-bond acceptors (Lipinski definition) is 8. The lowest BCUT2D eigenvalue weighted by Gasteiger charge is -2.26. The van der Waals surface area contributed by atoms with Crippen LogP contribution < -0.4 is 25.4 Å². The Balaban J connectivity index is 1.57. The average Bonchev–Trinajstić information content (AvgIpc) is 2.90. The van der Waals surface area contributed by atoms with E-state index in [4.69, 9.17) is 21.1 Å². The summed E-state index contributed by atoms with van der Waals surface area (Å²) in [7, 11) is 3.22. The molecular weight excluding hydrogens is 468 g/mol. The van der Waals surface area contributed by atoms with Crippen molar-refractivity contribution in [3.63, 3.8) is 0 Å². The Morgan fingerprint density at radius 1 is 0.943 bits per heavy atom. The molecule has 0 radical (unpaired) electrons. The van der Waals surface area contributed by atoms with Crippen LogP contribution in [0.2, 0.25) is 0 Å². The van der Waals surface area contributed by atoms with Crippen molar-refractivity contribution in [1.29, 1.82) is 0 Å². The van der Waals surface area contributed by atoms with Gasteiger partial charge in [-0.2, -0.15) is 4.98 Å². The van der Waals surface area contributed by atoms with Crippen LogP contribution in [0.25, 0.3) is 10.9 Å². The van der Waals surface area contributed by atoms with Crippen LogP contribution in [0.4, 0.5) is 11.8 Å². The molecule has 9 nitrogen and oxygen atoms in total. The smallest absolute Gasteiger partial charge is 0.234 e. The molecule has 0 spiro atoms. The van der Waals surface area contributed by atoms with Gasteiger partial charge >= 0.3 is 0 Å². The second kappa shape index (κ2) is 14.8. The summed E-state index contributed by atoms with van der Waals surface area (Å²) in [5, 5.41) is 10.3. The summed E-state index contributed by atoms with van der Waals surface area (Å²) in [5.41, 5.74) is 0.744. The monoisotopic (exact) mass is 506 g/mol. The Kier molecular flexibility index (Phi) is 11.4. The largest absolute Gasteiger partial charge is 0.493 e. The third kappa shape index (κ3) is 8.58. The van der Waals surface area contributed by atoms with Gasteiger partial charge in [-0.05, 0) is 51.4 Å². The third-order valence-electron chi connectivity index (χ3n) is 6.19. The number of carbonyl (C=O) groups is 1. The van der Waals surface area contributed by atoms with Crippen molar-refractivity contribution in [1.82, 2.24) is 20.2 Å². The Hall–Kier alpha value is -2.52. The first-order chi connectivity index (χ1) is 17.1. The number of fused-ring (bicyclic) bond motifs is 1. The molecule has 0 saturated carbocycles. The summed E-state index contributed by atoms with van der Waals surface area (Å²) in [6.07, 6.45) is 8.87. The van der Waals surface area contributed by atoms with E-state index in [2.05, 4.69) is 30.8 Å². The second-order valence-corrected chi connectivity index (χ2v) is 9.04. The van der Waals surface area contributed by atoms with Crippen LogP contribution in [0.1, 0.15) is 44.9 Å². The van der Waals surface area contributed by atoms with Crippen molar-refractivity contribution < 1.29 is 14.3 Å². The van der Waals surface area contributed by atoms with Crippen LogP contribution in [-0.4, -0.2) is 80.1 Å². The van der Waals surface area contributed by atoms with Crippen LogP contribution >= 0.6 is 11.6 Å². The van der Waals surface area contributed by atoms with E-state index < -0.39 is 0 Å². The van der Waals surface area contributed by atoms with Gasteiger partial charge in [0.1, 0.15) is 11.7 Å². The zero-order valence-corrected chi connectivity index (χ0v) is 21.8. The number of rotatable bonds is 15. The maximum Gasteiger partial charge on any atom is 0.234 e. The highest BCUT2D eigenvalue weighted by Crippen LogP contribution is 2.34. The number of hydrogen-bond donors (Lipinski definition) is 3. The minimum absolute atomic E-state index is 0.0551.